The van der Waals surface area contributed by atoms with Crippen LogP contribution in [-0.4, -0.2) is 53.6 Å². The number of ether oxygens (including phenoxy) is 1. The molecule has 0 radical (unpaired) electrons. The molecule has 3 N–H and O–H groups in total. The average molecular weight is 522 g/mol. The van der Waals surface area contributed by atoms with E-state index in [1.54, 1.807) is 7.05 Å². The van der Waals surface area contributed by atoms with Gasteiger partial charge in [-0.05, 0) is 53.5 Å². The number of carbonyl (C=O) groups is 1. The van der Waals surface area contributed by atoms with Crippen molar-refractivity contribution in [3.63, 3.8) is 0 Å². The first-order valence-corrected chi connectivity index (χ1v) is 10.1. The second-order valence-electron chi connectivity index (χ2n) is 8.02. The van der Waals surface area contributed by atoms with Crippen LogP contribution in [0.1, 0.15) is 58.3 Å². The number of carbonyl (C=O) groups excluding carboxylic acids is 1. The number of aromatic nitrogens is 2. The Morgan fingerprint density at radius 2 is 2.00 bits per heavy atom. The highest BCUT2D eigenvalue weighted by atomic mass is 127. The van der Waals surface area contributed by atoms with Gasteiger partial charge >= 0.3 is 6.09 Å². The summed E-state index contributed by atoms with van der Waals surface area (Å²) in [6.45, 7) is 14.0. The minimum Gasteiger partial charge on any atom is -0.444 e. The molecule has 1 atom stereocenters. The van der Waals surface area contributed by atoms with E-state index in [2.05, 4.69) is 46.0 Å². The highest BCUT2D eigenvalue weighted by Crippen LogP contribution is 2.07. The quantitative estimate of drug-likeness (QED) is 0.200. The molecule has 1 aromatic rings. The first-order chi connectivity index (χ1) is 13.1. The molecule has 0 bridgehead atoms. The zero-order valence-electron chi connectivity index (χ0n) is 19.0. The molecule has 1 aromatic heterocycles. The van der Waals surface area contributed by atoms with Gasteiger partial charge in [0.05, 0.1) is 5.69 Å². The number of nitrogens with one attached hydrogen (secondary N) is 3. The van der Waals surface area contributed by atoms with Crippen molar-refractivity contribution in [1.29, 1.82) is 0 Å². The number of alkyl carbamates (subject to hydrolysis) is 1. The lowest BCUT2D eigenvalue weighted by atomic mass is 10.1. The maximum atomic E-state index is 12.0. The molecule has 1 unspecified atom stereocenters. The SMILES string of the molecule is CCCC(CNC(=NC)NCCCn1nc(C)cc1C)NC(=O)OC(C)(C)C.I. The van der Waals surface area contributed by atoms with Gasteiger partial charge in [0.1, 0.15) is 5.60 Å². The Morgan fingerprint density at radius 1 is 1.31 bits per heavy atom. The molecular formula is C20H39IN6O2. The summed E-state index contributed by atoms with van der Waals surface area (Å²) in [5, 5.41) is 14.0. The number of nitrogens with zero attached hydrogens (tertiary/aromatic N) is 3. The third-order valence-electron chi connectivity index (χ3n) is 4.04. The molecular weight excluding hydrogens is 483 g/mol. The number of aryl methyl sites for hydroxylation is 3. The van der Waals surface area contributed by atoms with Crippen LogP contribution < -0.4 is 16.0 Å². The van der Waals surface area contributed by atoms with Crippen LogP contribution >= 0.6 is 24.0 Å². The maximum absolute atomic E-state index is 12.0. The van der Waals surface area contributed by atoms with Gasteiger partial charge in [-0.3, -0.25) is 9.67 Å². The lowest BCUT2D eigenvalue weighted by Crippen LogP contribution is -2.48. The van der Waals surface area contributed by atoms with Gasteiger partial charge in [-0.15, -0.1) is 24.0 Å². The Bertz CT molecular complexity index is 639. The third kappa shape index (κ3) is 11.9. The number of guanidine groups is 1. The maximum Gasteiger partial charge on any atom is 0.407 e. The van der Waals surface area contributed by atoms with Crippen LogP contribution in [0.3, 0.4) is 0 Å². The Morgan fingerprint density at radius 3 is 2.52 bits per heavy atom. The third-order valence-corrected chi connectivity index (χ3v) is 4.04. The fraction of sp³-hybridized carbons (Fsp3) is 0.750. The summed E-state index contributed by atoms with van der Waals surface area (Å²) in [6.07, 6.45) is 2.38. The summed E-state index contributed by atoms with van der Waals surface area (Å²) >= 11 is 0. The summed E-state index contributed by atoms with van der Waals surface area (Å²) in [5.74, 6) is 0.723. The predicted octanol–water partition coefficient (Wildman–Crippen LogP) is 3.37. The first kappa shape index (κ1) is 27.5. The first-order valence-electron chi connectivity index (χ1n) is 10.1. The minimum absolute atomic E-state index is 0. The van der Waals surface area contributed by atoms with Gasteiger partial charge in [-0.1, -0.05) is 13.3 Å². The fourth-order valence-corrected chi connectivity index (χ4v) is 2.83. The molecule has 0 aliphatic rings. The Kier molecular flexibility index (Phi) is 12.9. The highest BCUT2D eigenvalue weighted by molar-refractivity contribution is 14.0. The molecule has 1 amide bonds. The van der Waals surface area contributed by atoms with Gasteiger partial charge < -0.3 is 20.7 Å². The molecule has 0 saturated heterocycles. The number of aliphatic imine (C=N–C) groups is 1. The van der Waals surface area contributed by atoms with E-state index in [0.717, 1.165) is 44.0 Å². The second kappa shape index (κ2) is 13.7. The summed E-state index contributed by atoms with van der Waals surface area (Å²) in [4.78, 5) is 16.3. The van der Waals surface area contributed by atoms with E-state index in [0.29, 0.717) is 6.54 Å². The van der Waals surface area contributed by atoms with Crippen molar-refractivity contribution in [2.45, 2.75) is 79.0 Å². The Labute approximate surface area is 192 Å². The number of hydrogen-bond acceptors (Lipinski definition) is 4. The van der Waals surface area contributed by atoms with E-state index in [1.807, 2.05) is 32.4 Å². The van der Waals surface area contributed by atoms with Crippen LogP contribution in [0.25, 0.3) is 0 Å². The smallest absolute Gasteiger partial charge is 0.407 e. The van der Waals surface area contributed by atoms with Crippen LogP contribution in [0.4, 0.5) is 4.79 Å². The van der Waals surface area contributed by atoms with Crippen LogP contribution in [0.2, 0.25) is 0 Å². The van der Waals surface area contributed by atoms with Crippen molar-refractivity contribution >= 4 is 36.0 Å². The largest absolute Gasteiger partial charge is 0.444 e. The summed E-state index contributed by atoms with van der Waals surface area (Å²) in [6, 6.07) is 2.06. The summed E-state index contributed by atoms with van der Waals surface area (Å²) in [5.41, 5.74) is 1.72. The second-order valence-corrected chi connectivity index (χ2v) is 8.02. The molecule has 0 fully saturated rings. The topological polar surface area (TPSA) is 92.6 Å². The van der Waals surface area contributed by atoms with E-state index >= 15 is 0 Å². The van der Waals surface area contributed by atoms with Crippen molar-refractivity contribution in [2.75, 3.05) is 20.1 Å². The van der Waals surface area contributed by atoms with Crippen LogP contribution in [-0.2, 0) is 11.3 Å². The average Bonchev–Trinajstić information content (AvgIpc) is 2.90. The van der Waals surface area contributed by atoms with Crippen molar-refractivity contribution in [3.8, 4) is 0 Å². The molecule has 0 aliphatic heterocycles. The van der Waals surface area contributed by atoms with Gasteiger partial charge in [0.15, 0.2) is 5.96 Å². The fourth-order valence-electron chi connectivity index (χ4n) is 2.83. The van der Waals surface area contributed by atoms with E-state index in [1.165, 1.54) is 5.69 Å². The van der Waals surface area contributed by atoms with Gasteiger partial charge in [-0.2, -0.15) is 5.10 Å². The van der Waals surface area contributed by atoms with Gasteiger partial charge in [-0.25, -0.2) is 4.79 Å². The van der Waals surface area contributed by atoms with E-state index < -0.39 is 5.60 Å². The number of amides is 1. The van der Waals surface area contributed by atoms with Crippen molar-refractivity contribution < 1.29 is 9.53 Å². The molecule has 0 aliphatic carbocycles. The van der Waals surface area contributed by atoms with Crippen molar-refractivity contribution in [2.24, 2.45) is 4.99 Å². The zero-order chi connectivity index (χ0) is 21.2. The van der Waals surface area contributed by atoms with Crippen molar-refractivity contribution in [1.82, 2.24) is 25.7 Å². The number of rotatable bonds is 9. The molecule has 1 heterocycles. The van der Waals surface area contributed by atoms with Gasteiger partial charge in [0, 0.05) is 38.4 Å². The van der Waals surface area contributed by atoms with E-state index in [4.69, 9.17) is 4.74 Å². The zero-order valence-corrected chi connectivity index (χ0v) is 21.3. The molecule has 9 heteroatoms. The predicted molar refractivity (Wildman–Crippen MR) is 129 cm³/mol. The summed E-state index contributed by atoms with van der Waals surface area (Å²) in [7, 11) is 1.74. The molecule has 0 spiro atoms. The Hall–Kier alpha value is -1.52. The Balaban J connectivity index is 0.00000784. The van der Waals surface area contributed by atoms with Crippen LogP contribution in [0.5, 0.6) is 0 Å². The standard InChI is InChI=1S/C20H38N6O2.HI/c1-8-10-17(24-19(27)28-20(4,5)6)14-23-18(21-7)22-11-9-12-26-16(3)13-15(2)25-26;/h13,17H,8-12,14H2,1-7H3,(H,24,27)(H2,21,22,23);1H. The van der Waals surface area contributed by atoms with Crippen LogP contribution in [0, 0.1) is 13.8 Å². The van der Waals surface area contributed by atoms with Gasteiger partial charge in [0.2, 0.25) is 0 Å². The normalized spacial score (nSPS) is 12.7. The summed E-state index contributed by atoms with van der Waals surface area (Å²) < 4.78 is 7.37. The van der Waals surface area contributed by atoms with Crippen LogP contribution in [0.15, 0.2) is 11.1 Å². The van der Waals surface area contributed by atoms with Crippen molar-refractivity contribution in [3.05, 3.63) is 17.5 Å². The van der Waals surface area contributed by atoms with E-state index in [-0.39, 0.29) is 36.1 Å². The molecule has 8 nitrogen and oxygen atoms in total. The highest BCUT2D eigenvalue weighted by Gasteiger charge is 2.19. The lowest BCUT2D eigenvalue weighted by Gasteiger charge is -2.24. The van der Waals surface area contributed by atoms with Gasteiger partial charge in [0.25, 0.3) is 0 Å². The molecule has 0 saturated carbocycles. The molecule has 1 rings (SSSR count). The minimum atomic E-state index is -0.503. The number of halogens is 1. The number of hydrogen-bond donors (Lipinski definition) is 3. The molecule has 29 heavy (non-hydrogen) atoms. The van der Waals surface area contributed by atoms with E-state index in [9.17, 15) is 4.79 Å². The molecule has 168 valence electrons. The molecule has 0 aromatic carbocycles. The lowest BCUT2D eigenvalue weighted by molar-refractivity contribution is 0.0502. The monoisotopic (exact) mass is 522 g/mol.